The first-order valence-electron chi connectivity index (χ1n) is 5.94. The fourth-order valence-electron chi connectivity index (χ4n) is 1.86. The average molecular weight is 280 g/mol. The van der Waals surface area contributed by atoms with Gasteiger partial charge in [-0.15, -0.1) is 0 Å². The van der Waals surface area contributed by atoms with Crippen molar-refractivity contribution < 1.29 is 9.59 Å². The molecule has 0 bridgehead atoms. The summed E-state index contributed by atoms with van der Waals surface area (Å²) in [6.07, 6.45) is 0.515. The van der Waals surface area contributed by atoms with Crippen LogP contribution >= 0.6 is 11.6 Å². The zero-order chi connectivity index (χ0) is 13.8. The number of carbonyl (C=O) groups is 2. The van der Waals surface area contributed by atoms with E-state index < -0.39 is 11.8 Å². The molecule has 0 saturated carbocycles. The summed E-state index contributed by atoms with van der Waals surface area (Å²) in [4.78, 5) is 27.9. The Morgan fingerprint density at radius 2 is 2.00 bits per heavy atom. The molecule has 1 aromatic rings. The molecule has 2 rings (SSSR count). The Kier molecular flexibility index (Phi) is 4.29. The highest BCUT2D eigenvalue weighted by Crippen LogP contribution is 2.22. The predicted octanol–water partition coefficient (Wildman–Crippen LogP) is 1.09. The molecule has 0 radical (unpaired) electrons. The van der Waals surface area contributed by atoms with Crippen LogP contribution in [-0.2, 0) is 9.59 Å². The van der Waals surface area contributed by atoms with Gasteiger partial charge in [-0.05, 0) is 24.7 Å². The molecule has 5 nitrogen and oxygen atoms in total. The molecule has 2 amide bonds. The lowest BCUT2D eigenvalue weighted by molar-refractivity contribution is -0.129. The number of amidine groups is 1. The van der Waals surface area contributed by atoms with E-state index in [-0.39, 0.29) is 5.91 Å². The maximum absolute atomic E-state index is 12.0. The first-order valence-corrected chi connectivity index (χ1v) is 6.32. The van der Waals surface area contributed by atoms with Crippen molar-refractivity contribution in [3.63, 3.8) is 0 Å². The van der Waals surface area contributed by atoms with E-state index in [4.69, 9.17) is 11.6 Å². The van der Waals surface area contributed by atoms with Crippen molar-refractivity contribution in [3.05, 3.63) is 34.9 Å². The highest BCUT2D eigenvalue weighted by molar-refractivity contribution is 6.30. The smallest absolute Gasteiger partial charge is 0.264 e. The Bertz CT molecular complexity index is 525. The molecular weight excluding hydrogens is 266 g/mol. The molecule has 0 fully saturated rings. The third kappa shape index (κ3) is 3.19. The minimum Gasteiger partial charge on any atom is -0.319 e. The van der Waals surface area contributed by atoms with E-state index in [1.807, 2.05) is 0 Å². The minimum absolute atomic E-state index is 0.339. The predicted molar refractivity (Wildman–Crippen MR) is 73.3 cm³/mol. The molecule has 100 valence electrons. The quantitative estimate of drug-likeness (QED) is 0.811. The largest absolute Gasteiger partial charge is 0.319 e. The van der Waals surface area contributed by atoms with Gasteiger partial charge in [0.15, 0.2) is 0 Å². The SMILES string of the molecule is CNCCC1=NC(=O)C(c2ccc(Cl)cc2)C(=O)N1. The third-order valence-electron chi connectivity index (χ3n) is 2.84. The summed E-state index contributed by atoms with van der Waals surface area (Å²) >= 11 is 5.78. The number of hydrogen-bond acceptors (Lipinski definition) is 3. The van der Waals surface area contributed by atoms with Crippen LogP contribution in [0.4, 0.5) is 0 Å². The average Bonchev–Trinajstić information content (AvgIpc) is 2.38. The number of aliphatic imine (C=N–C) groups is 1. The van der Waals surface area contributed by atoms with E-state index in [0.717, 1.165) is 0 Å². The van der Waals surface area contributed by atoms with E-state index in [0.29, 0.717) is 29.4 Å². The molecule has 19 heavy (non-hydrogen) atoms. The number of rotatable bonds is 4. The number of amides is 2. The molecule has 6 heteroatoms. The van der Waals surface area contributed by atoms with E-state index >= 15 is 0 Å². The molecule has 0 saturated heterocycles. The summed E-state index contributed by atoms with van der Waals surface area (Å²) in [5.74, 6) is -1.24. The van der Waals surface area contributed by atoms with Crippen molar-refractivity contribution in [3.8, 4) is 0 Å². The standard InChI is InChI=1S/C13H14ClN3O2/c1-15-7-6-10-16-12(18)11(13(19)17-10)8-2-4-9(14)5-3-8/h2-5,11,15H,6-7H2,1H3,(H,16,17,18,19). The molecule has 1 aromatic carbocycles. The normalized spacial score (nSPS) is 19.1. The Morgan fingerprint density at radius 1 is 1.32 bits per heavy atom. The van der Waals surface area contributed by atoms with Crippen LogP contribution in [0.1, 0.15) is 17.9 Å². The maximum Gasteiger partial charge on any atom is 0.264 e. The maximum atomic E-state index is 12.0. The lowest BCUT2D eigenvalue weighted by atomic mass is 9.96. The van der Waals surface area contributed by atoms with Crippen molar-refractivity contribution in [2.45, 2.75) is 12.3 Å². The third-order valence-corrected chi connectivity index (χ3v) is 3.09. The van der Waals surface area contributed by atoms with Gasteiger partial charge in [0.1, 0.15) is 11.8 Å². The van der Waals surface area contributed by atoms with Crippen LogP contribution in [0.25, 0.3) is 0 Å². The van der Waals surface area contributed by atoms with Crippen LogP contribution in [0.5, 0.6) is 0 Å². The highest BCUT2D eigenvalue weighted by Gasteiger charge is 2.32. The monoisotopic (exact) mass is 279 g/mol. The molecule has 0 aromatic heterocycles. The van der Waals surface area contributed by atoms with Gasteiger partial charge in [-0.3, -0.25) is 9.59 Å². The number of nitrogens with one attached hydrogen (secondary N) is 2. The van der Waals surface area contributed by atoms with Gasteiger partial charge >= 0.3 is 0 Å². The summed E-state index contributed by atoms with van der Waals surface area (Å²) in [6.45, 7) is 0.651. The molecule has 1 heterocycles. The second-order valence-electron chi connectivity index (χ2n) is 4.22. The second-order valence-corrected chi connectivity index (χ2v) is 4.66. The number of halogens is 1. The van der Waals surface area contributed by atoms with Gasteiger partial charge in [0.2, 0.25) is 5.91 Å². The zero-order valence-electron chi connectivity index (χ0n) is 10.4. The van der Waals surface area contributed by atoms with Gasteiger partial charge in [0, 0.05) is 18.0 Å². The van der Waals surface area contributed by atoms with Gasteiger partial charge in [-0.25, -0.2) is 0 Å². The summed E-state index contributed by atoms with van der Waals surface area (Å²) < 4.78 is 0. The first kappa shape index (κ1) is 13.7. The molecule has 0 aliphatic carbocycles. The van der Waals surface area contributed by atoms with E-state index in [9.17, 15) is 9.59 Å². The Hall–Kier alpha value is -1.72. The summed E-state index contributed by atoms with van der Waals surface area (Å²) in [5.41, 5.74) is 0.600. The Labute approximate surface area is 116 Å². The molecule has 1 aliphatic rings. The van der Waals surface area contributed by atoms with E-state index in [1.54, 1.807) is 31.3 Å². The van der Waals surface area contributed by atoms with Gasteiger partial charge < -0.3 is 10.6 Å². The van der Waals surface area contributed by atoms with Crippen molar-refractivity contribution in [2.75, 3.05) is 13.6 Å². The zero-order valence-corrected chi connectivity index (χ0v) is 11.2. The topological polar surface area (TPSA) is 70.6 Å². The van der Waals surface area contributed by atoms with Crippen LogP contribution in [-0.4, -0.2) is 31.2 Å². The molecular formula is C13H14ClN3O2. The Balaban J connectivity index is 2.20. The fraction of sp³-hybridized carbons (Fsp3) is 0.308. The number of hydrogen-bond donors (Lipinski definition) is 2. The van der Waals surface area contributed by atoms with Gasteiger partial charge in [-0.1, -0.05) is 23.7 Å². The summed E-state index contributed by atoms with van der Waals surface area (Å²) in [5, 5.41) is 6.16. The molecule has 1 atom stereocenters. The number of nitrogens with zero attached hydrogens (tertiary/aromatic N) is 1. The number of benzene rings is 1. The van der Waals surface area contributed by atoms with Crippen molar-refractivity contribution >= 4 is 29.3 Å². The molecule has 2 N–H and O–H groups in total. The molecule has 1 aliphatic heterocycles. The Morgan fingerprint density at radius 3 is 2.58 bits per heavy atom. The first-order chi connectivity index (χ1) is 9.11. The molecule has 0 spiro atoms. The van der Waals surface area contributed by atoms with Crippen molar-refractivity contribution in [2.24, 2.45) is 4.99 Å². The van der Waals surface area contributed by atoms with Crippen molar-refractivity contribution in [1.29, 1.82) is 0 Å². The van der Waals surface area contributed by atoms with Crippen LogP contribution in [0, 0.1) is 0 Å². The summed E-state index contributed by atoms with van der Waals surface area (Å²) in [7, 11) is 1.80. The molecule has 1 unspecified atom stereocenters. The van der Waals surface area contributed by atoms with Gasteiger partial charge in [0.25, 0.3) is 5.91 Å². The lowest BCUT2D eigenvalue weighted by Crippen LogP contribution is -2.43. The van der Waals surface area contributed by atoms with E-state index in [1.165, 1.54) is 0 Å². The highest BCUT2D eigenvalue weighted by atomic mass is 35.5. The van der Waals surface area contributed by atoms with Crippen LogP contribution in [0.15, 0.2) is 29.3 Å². The van der Waals surface area contributed by atoms with Gasteiger partial charge in [-0.2, -0.15) is 4.99 Å². The summed E-state index contributed by atoms with van der Waals surface area (Å²) in [6, 6.07) is 6.63. The number of carbonyl (C=O) groups excluding carboxylic acids is 2. The van der Waals surface area contributed by atoms with E-state index in [2.05, 4.69) is 15.6 Å². The minimum atomic E-state index is -0.879. The van der Waals surface area contributed by atoms with Gasteiger partial charge in [0.05, 0.1) is 0 Å². The van der Waals surface area contributed by atoms with Crippen molar-refractivity contribution in [1.82, 2.24) is 10.6 Å². The lowest BCUT2D eigenvalue weighted by Gasteiger charge is -2.20. The second kappa shape index (κ2) is 5.95. The fourth-order valence-corrected chi connectivity index (χ4v) is 1.99. The van der Waals surface area contributed by atoms with Crippen LogP contribution < -0.4 is 10.6 Å². The van der Waals surface area contributed by atoms with Crippen LogP contribution in [0.2, 0.25) is 5.02 Å². The van der Waals surface area contributed by atoms with Crippen LogP contribution in [0.3, 0.4) is 0 Å².